The zero-order chi connectivity index (χ0) is 22.8. The number of anilines is 1. The van der Waals surface area contributed by atoms with E-state index in [1.54, 1.807) is 11.8 Å². The highest BCUT2D eigenvalue weighted by Crippen LogP contribution is 2.28. The molecule has 0 aliphatic rings. The van der Waals surface area contributed by atoms with Gasteiger partial charge in [0.1, 0.15) is 11.5 Å². The van der Waals surface area contributed by atoms with Crippen LogP contribution in [0.5, 0.6) is 11.5 Å². The van der Waals surface area contributed by atoms with Crippen molar-refractivity contribution in [2.24, 2.45) is 5.73 Å². The van der Waals surface area contributed by atoms with Gasteiger partial charge in [-0.05, 0) is 42.8 Å². The van der Waals surface area contributed by atoms with Crippen LogP contribution in [-0.4, -0.2) is 18.5 Å². The number of benzene rings is 3. The van der Waals surface area contributed by atoms with Crippen LogP contribution in [0.25, 0.3) is 0 Å². The van der Waals surface area contributed by atoms with Gasteiger partial charge in [0.25, 0.3) is 0 Å². The maximum absolute atomic E-state index is 13.0. The smallest absolute Gasteiger partial charge is 0.306 e. The van der Waals surface area contributed by atoms with Crippen molar-refractivity contribution in [2.75, 3.05) is 11.5 Å². The summed E-state index contributed by atoms with van der Waals surface area (Å²) in [6, 6.07) is 24.7. The molecule has 2 N–H and O–H groups in total. The van der Waals surface area contributed by atoms with Gasteiger partial charge in [-0.15, -0.1) is 0 Å². The predicted molar refractivity (Wildman–Crippen MR) is 124 cm³/mol. The number of rotatable bonds is 10. The Kier molecular flexibility index (Phi) is 8.40. The van der Waals surface area contributed by atoms with Gasteiger partial charge < -0.3 is 20.1 Å². The first-order valence-electron chi connectivity index (χ1n) is 10.7. The zero-order valence-corrected chi connectivity index (χ0v) is 18.2. The molecule has 0 radical (unpaired) electrons. The highest BCUT2D eigenvalue weighted by molar-refractivity contribution is 5.94. The van der Waals surface area contributed by atoms with E-state index in [2.05, 4.69) is 0 Å². The maximum atomic E-state index is 13.0. The van der Waals surface area contributed by atoms with Crippen LogP contribution in [0, 0.1) is 0 Å². The lowest BCUT2D eigenvalue weighted by atomic mass is 10.1. The van der Waals surface area contributed by atoms with Crippen molar-refractivity contribution < 1.29 is 19.1 Å². The highest BCUT2D eigenvalue weighted by Gasteiger charge is 2.18. The van der Waals surface area contributed by atoms with Gasteiger partial charge in [0.15, 0.2) is 0 Å². The molecule has 166 valence electrons. The van der Waals surface area contributed by atoms with Crippen LogP contribution in [0.2, 0.25) is 0 Å². The van der Waals surface area contributed by atoms with Gasteiger partial charge in [-0.1, -0.05) is 48.5 Å². The van der Waals surface area contributed by atoms with Crippen molar-refractivity contribution in [3.63, 3.8) is 0 Å². The van der Waals surface area contributed by atoms with E-state index < -0.39 is 0 Å². The summed E-state index contributed by atoms with van der Waals surface area (Å²) >= 11 is 0. The first kappa shape index (κ1) is 23.0. The molecule has 6 nitrogen and oxygen atoms in total. The molecule has 0 bridgehead atoms. The second-order valence-electron chi connectivity index (χ2n) is 7.18. The Morgan fingerprint density at radius 3 is 2.25 bits per heavy atom. The minimum Gasteiger partial charge on any atom is -0.466 e. The quantitative estimate of drug-likeness (QED) is 0.465. The summed E-state index contributed by atoms with van der Waals surface area (Å²) in [5, 5.41) is 0. The van der Waals surface area contributed by atoms with E-state index in [4.69, 9.17) is 15.2 Å². The molecule has 0 aromatic heterocycles. The fourth-order valence-electron chi connectivity index (χ4n) is 3.26. The minimum atomic E-state index is -0.372. The number of para-hydroxylation sites is 1. The maximum Gasteiger partial charge on any atom is 0.306 e. The summed E-state index contributed by atoms with van der Waals surface area (Å²) in [5.41, 5.74) is 8.42. The number of hydrogen-bond acceptors (Lipinski definition) is 5. The molecule has 0 atom stereocenters. The first-order chi connectivity index (χ1) is 15.6. The summed E-state index contributed by atoms with van der Waals surface area (Å²) in [7, 11) is 0. The van der Waals surface area contributed by atoms with E-state index in [0.717, 1.165) is 16.8 Å². The van der Waals surface area contributed by atoms with Gasteiger partial charge in [0.2, 0.25) is 5.91 Å². The van der Waals surface area contributed by atoms with Gasteiger partial charge in [0.05, 0.1) is 19.6 Å². The van der Waals surface area contributed by atoms with Crippen molar-refractivity contribution >= 4 is 17.6 Å². The minimum absolute atomic E-state index is 0.0506. The van der Waals surface area contributed by atoms with E-state index in [1.807, 2.05) is 78.9 Å². The van der Waals surface area contributed by atoms with Crippen LogP contribution in [0.1, 0.15) is 30.9 Å². The molecule has 0 fully saturated rings. The Bertz CT molecular complexity index is 1020. The van der Waals surface area contributed by atoms with Crippen LogP contribution >= 0.6 is 0 Å². The van der Waals surface area contributed by atoms with Crippen molar-refractivity contribution in [1.29, 1.82) is 0 Å². The van der Waals surface area contributed by atoms with Crippen molar-refractivity contribution in [3.8, 4) is 11.5 Å². The second-order valence-corrected chi connectivity index (χ2v) is 7.18. The molecule has 0 spiro atoms. The predicted octanol–water partition coefficient (Wildman–Crippen LogP) is 4.81. The third kappa shape index (κ3) is 6.43. The van der Waals surface area contributed by atoms with Gasteiger partial charge in [-0.3, -0.25) is 9.59 Å². The molecular weight excluding hydrogens is 404 g/mol. The molecule has 3 aromatic carbocycles. The molecule has 0 aliphatic heterocycles. The molecule has 0 heterocycles. The third-order valence-electron chi connectivity index (χ3n) is 4.90. The number of amides is 1. The summed E-state index contributed by atoms with van der Waals surface area (Å²) in [6.07, 6.45) is 0.128. The normalized spacial score (nSPS) is 10.4. The van der Waals surface area contributed by atoms with Crippen LogP contribution in [0.4, 0.5) is 5.69 Å². The number of nitrogens with two attached hydrogens (primary N) is 1. The Morgan fingerprint density at radius 1 is 0.875 bits per heavy atom. The second kappa shape index (κ2) is 11.7. The number of nitrogens with zero attached hydrogens (tertiary/aromatic N) is 1. The molecule has 0 unspecified atom stereocenters. The lowest BCUT2D eigenvalue weighted by Gasteiger charge is -2.23. The summed E-state index contributed by atoms with van der Waals surface area (Å²) < 4.78 is 10.9. The number of ether oxygens (including phenoxy) is 2. The monoisotopic (exact) mass is 432 g/mol. The van der Waals surface area contributed by atoms with Crippen LogP contribution < -0.4 is 15.4 Å². The van der Waals surface area contributed by atoms with Gasteiger partial charge in [-0.2, -0.15) is 0 Å². The molecule has 3 aromatic rings. The first-order valence-corrected chi connectivity index (χ1v) is 10.7. The molecular formula is C26H28N2O4. The Hall–Kier alpha value is -3.64. The van der Waals surface area contributed by atoms with Gasteiger partial charge in [0, 0.05) is 24.2 Å². The largest absolute Gasteiger partial charge is 0.466 e. The van der Waals surface area contributed by atoms with E-state index in [0.29, 0.717) is 31.2 Å². The number of carbonyl (C=O) groups excluding carboxylic acids is 2. The van der Waals surface area contributed by atoms with Crippen molar-refractivity contribution in [3.05, 3.63) is 90.0 Å². The Balaban J connectivity index is 1.77. The zero-order valence-electron chi connectivity index (χ0n) is 18.2. The third-order valence-corrected chi connectivity index (χ3v) is 4.90. The standard InChI is InChI=1S/C26H28N2O4/c1-2-31-26(30)17-16-25(29)28(19-20-8-4-3-5-9-20)22-12-14-23(15-13-22)32-24-11-7-6-10-21(24)18-27/h3-15H,2,16-19,27H2,1H3. The molecule has 32 heavy (non-hydrogen) atoms. The van der Waals surface area contributed by atoms with Gasteiger partial charge in [-0.25, -0.2) is 0 Å². The van der Waals surface area contributed by atoms with Crippen LogP contribution in [0.15, 0.2) is 78.9 Å². The lowest BCUT2D eigenvalue weighted by Crippen LogP contribution is -2.30. The highest BCUT2D eigenvalue weighted by atomic mass is 16.5. The molecule has 1 amide bonds. The summed E-state index contributed by atoms with van der Waals surface area (Å²) in [4.78, 5) is 26.4. The lowest BCUT2D eigenvalue weighted by molar-refractivity contribution is -0.144. The van der Waals surface area contributed by atoms with E-state index in [1.165, 1.54) is 0 Å². The fourth-order valence-corrected chi connectivity index (χ4v) is 3.26. The molecule has 0 saturated heterocycles. The number of hydrogen-bond donors (Lipinski definition) is 1. The fraction of sp³-hybridized carbons (Fsp3) is 0.231. The summed E-state index contributed by atoms with van der Waals surface area (Å²) in [5.74, 6) is 0.828. The average Bonchev–Trinajstić information content (AvgIpc) is 2.83. The average molecular weight is 433 g/mol. The SMILES string of the molecule is CCOC(=O)CCC(=O)N(Cc1ccccc1)c1ccc(Oc2ccccc2CN)cc1. The van der Waals surface area contributed by atoms with E-state index in [9.17, 15) is 9.59 Å². The van der Waals surface area contributed by atoms with Crippen LogP contribution in [-0.2, 0) is 27.4 Å². The Morgan fingerprint density at radius 2 is 1.56 bits per heavy atom. The van der Waals surface area contributed by atoms with E-state index in [-0.39, 0.29) is 24.7 Å². The number of carbonyl (C=O) groups is 2. The molecule has 3 rings (SSSR count). The topological polar surface area (TPSA) is 81.9 Å². The molecule has 6 heteroatoms. The van der Waals surface area contributed by atoms with Crippen molar-refractivity contribution in [2.45, 2.75) is 32.9 Å². The molecule has 0 aliphatic carbocycles. The number of esters is 1. The van der Waals surface area contributed by atoms with Crippen molar-refractivity contribution in [1.82, 2.24) is 0 Å². The Labute approximate surface area is 188 Å². The van der Waals surface area contributed by atoms with Crippen LogP contribution in [0.3, 0.4) is 0 Å². The van der Waals surface area contributed by atoms with Gasteiger partial charge >= 0.3 is 5.97 Å². The molecule has 0 saturated carbocycles. The summed E-state index contributed by atoms with van der Waals surface area (Å²) in [6.45, 7) is 2.83. The van der Waals surface area contributed by atoms with E-state index >= 15 is 0 Å².